The van der Waals surface area contributed by atoms with E-state index in [2.05, 4.69) is 36.4 Å². The minimum Gasteiger partial charge on any atom is -0.480 e. The number of nitrogens with two attached hydrogens (primary N) is 1. The van der Waals surface area contributed by atoms with Crippen molar-refractivity contribution in [2.45, 2.75) is 46.2 Å². The van der Waals surface area contributed by atoms with Crippen LogP contribution in [0.3, 0.4) is 0 Å². The molecule has 1 unspecified atom stereocenters. The van der Waals surface area contributed by atoms with Crippen molar-refractivity contribution >= 4 is 11.9 Å². The number of amides is 1. The highest BCUT2D eigenvalue weighted by Crippen LogP contribution is 2.18. The first-order chi connectivity index (χ1) is 11.2. The lowest BCUT2D eigenvalue weighted by Crippen LogP contribution is -2.38. The minimum atomic E-state index is -1.19. The molecule has 0 saturated carbocycles. The summed E-state index contributed by atoms with van der Waals surface area (Å²) in [5.74, 6) is -1.60. The summed E-state index contributed by atoms with van der Waals surface area (Å²) in [6, 6.07) is -1.18. The Hall–Kier alpha value is -2.00. The fraction of sp³-hybridized carbons (Fsp3) is 0.733. The van der Waals surface area contributed by atoms with E-state index in [1.54, 1.807) is 4.68 Å². The van der Waals surface area contributed by atoms with Gasteiger partial charge >= 0.3 is 5.97 Å². The van der Waals surface area contributed by atoms with E-state index in [-0.39, 0.29) is 11.8 Å². The van der Waals surface area contributed by atoms with Crippen molar-refractivity contribution in [2.75, 3.05) is 19.8 Å². The highest BCUT2D eigenvalue weighted by atomic mass is 16.5. The second kappa shape index (κ2) is 9.33. The SMILES string of the molecule is CC(C)(C)Cc1cn(CCOCCNC(=O)CC(N)C(=O)O)nn1. The molecule has 1 heterocycles. The highest BCUT2D eigenvalue weighted by Gasteiger charge is 2.15. The number of nitrogens with zero attached hydrogens (tertiary/aromatic N) is 3. The molecule has 0 aliphatic heterocycles. The third kappa shape index (κ3) is 8.59. The summed E-state index contributed by atoms with van der Waals surface area (Å²) in [5.41, 5.74) is 6.38. The molecule has 0 aliphatic rings. The first-order valence-corrected chi connectivity index (χ1v) is 7.89. The number of carboxylic acids is 1. The number of nitrogens with one attached hydrogen (secondary N) is 1. The van der Waals surface area contributed by atoms with Gasteiger partial charge in [-0.2, -0.15) is 0 Å². The average Bonchev–Trinajstić information content (AvgIpc) is 2.87. The molecule has 1 aromatic rings. The van der Waals surface area contributed by atoms with Crippen LogP contribution in [0.4, 0.5) is 0 Å². The van der Waals surface area contributed by atoms with Gasteiger partial charge in [-0.05, 0) is 11.8 Å². The zero-order chi connectivity index (χ0) is 18.2. The summed E-state index contributed by atoms with van der Waals surface area (Å²) >= 11 is 0. The molecule has 9 heteroatoms. The van der Waals surface area contributed by atoms with Crippen molar-refractivity contribution in [3.8, 4) is 0 Å². The van der Waals surface area contributed by atoms with Crippen LogP contribution < -0.4 is 11.1 Å². The van der Waals surface area contributed by atoms with E-state index in [0.717, 1.165) is 12.1 Å². The second-order valence-corrected chi connectivity index (χ2v) is 6.82. The van der Waals surface area contributed by atoms with Crippen molar-refractivity contribution in [3.05, 3.63) is 11.9 Å². The molecule has 1 rings (SSSR count). The van der Waals surface area contributed by atoms with Crippen LogP contribution in [0.15, 0.2) is 6.20 Å². The van der Waals surface area contributed by atoms with Gasteiger partial charge in [-0.25, -0.2) is 4.68 Å². The quantitative estimate of drug-likeness (QED) is 0.502. The Balaban J connectivity index is 2.12. The average molecular weight is 341 g/mol. The molecule has 24 heavy (non-hydrogen) atoms. The summed E-state index contributed by atoms with van der Waals surface area (Å²) in [6.07, 6.45) is 2.52. The minimum absolute atomic E-state index is 0.165. The zero-order valence-electron chi connectivity index (χ0n) is 14.5. The Morgan fingerprint density at radius 2 is 2.12 bits per heavy atom. The number of carbonyl (C=O) groups is 2. The van der Waals surface area contributed by atoms with Crippen molar-refractivity contribution in [2.24, 2.45) is 11.1 Å². The van der Waals surface area contributed by atoms with Gasteiger partial charge in [0.25, 0.3) is 0 Å². The molecule has 0 fully saturated rings. The van der Waals surface area contributed by atoms with Gasteiger partial charge in [0, 0.05) is 12.7 Å². The molecular formula is C15H27N5O4. The van der Waals surface area contributed by atoms with Crippen molar-refractivity contribution in [1.29, 1.82) is 0 Å². The van der Waals surface area contributed by atoms with Crippen LogP contribution in [0.5, 0.6) is 0 Å². The predicted octanol–water partition coefficient (Wildman–Crippen LogP) is -0.198. The molecule has 1 aromatic heterocycles. The number of aliphatic carboxylic acids is 1. The Morgan fingerprint density at radius 3 is 2.75 bits per heavy atom. The number of hydrogen-bond acceptors (Lipinski definition) is 6. The Kier molecular flexibility index (Phi) is 7.80. The van der Waals surface area contributed by atoms with E-state index < -0.39 is 17.9 Å². The number of carboxylic acid groups (broad SMARTS) is 1. The van der Waals surface area contributed by atoms with E-state index in [4.69, 9.17) is 15.6 Å². The molecule has 1 amide bonds. The van der Waals surface area contributed by atoms with Gasteiger partial charge in [-0.15, -0.1) is 5.10 Å². The third-order valence-corrected chi connectivity index (χ3v) is 3.05. The Labute approximate surface area is 141 Å². The summed E-state index contributed by atoms with van der Waals surface area (Å²) in [5, 5.41) is 19.3. The van der Waals surface area contributed by atoms with E-state index in [0.29, 0.717) is 26.3 Å². The van der Waals surface area contributed by atoms with Crippen LogP contribution >= 0.6 is 0 Å². The fourth-order valence-electron chi connectivity index (χ4n) is 1.95. The van der Waals surface area contributed by atoms with Gasteiger partial charge in [0.05, 0.1) is 31.9 Å². The first-order valence-electron chi connectivity index (χ1n) is 7.89. The molecule has 9 nitrogen and oxygen atoms in total. The van der Waals surface area contributed by atoms with Crippen LogP contribution in [0.2, 0.25) is 0 Å². The van der Waals surface area contributed by atoms with Crippen molar-refractivity contribution in [3.63, 3.8) is 0 Å². The lowest BCUT2D eigenvalue weighted by atomic mass is 9.91. The second-order valence-electron chi connectivity index (χ2n) is 6.82. The number of rotatable bonds is 10. The number of carbonyl (C=O) groups excluding carboxylic acids is 1. The maximum absolute atomic E-state index is 11.4. The van der Waals surface area contributed by atoms with Gasteiger partial charge in [0.2, 0.25) is 5.91 Å². The molecule has 0 bridgehead atoms. The van der Waals surface area contributed by atoms with Crippen LogP contribution in [-0.4, -0.2) is 57.8 Å². The van der Waals surface area contributed by atoms with E-state index in [9.17, 15) is 9.59 Å². The Morgan fingerprint density at radius 1 is 1.42 bits per heavy atom. The summed E-state index contributed by atoms with van der Waals surface area (Å²) in [7, 11) is 0. The molecule has 0 radical (unpaired) electrons. The Bertz CT molecular complexity index is 538. The highest BCUT2D eigenvalue weighted by molar-refractivity contribution is 5.84. The molecule has 4 N–H and O–H groups in total. The monoisotopic (exact) mass is 341 g/mol. The molecule has 0 saturated heterocycles. The van der Waals surface area contributed by atoms with Crippen LogP contribution in [-0.2, 0) is 27.3 Å². The normalized spacial score (nSPS) is 12.8. The largest absolute Gasteiger partial charge is 0.480 e. The van der Waals surface area contributed by atoms with E-state index >= 15 is 0 Å². The van der Waals surface area contributed by atoms with Gasteiger partial charge in [0.1, 0.15) is 6.04 Å². The van der Waals surface area contributed by atoms with Gasteiger partial charge < -0.3 is 20.9 Å². The van der Waals surface area contributed by atoms with Gasteiger partial charge in [-0.1, -0.05) is 26.0 Å². The van der Waals surface area contributed by atoms with Crippen LogP contribution in [0.25, 0.3) is 0 Å². The summed E-state index contributed by atoms with van der Waals surface area (Å²) in [4.78, 5) is 21.9. The number of ether oxygens (including phenoxy) is 1. The fourth-order valence-corrected chi connectivity index (χ4v) is 1.95. The summed E-state index contributed by atoms with van der Waals surface area (Å²) in [6.45, 7) is 8.10. The molecular weight excluding hydrogens is 314 g/mol. The molecule has 1 atom stereocenters. The van der Waals surface area contributed by atoms with Crippen LogP contribution in [0, 0.1) is 5.41 Å². The van der Waals surface area contributed by atoms with Gasteiger partial charge in [0.15, 0.2) is 0 Å². The standard InChI is InChI=1S/C15H27N5O4/c1-15(2,3)9-11-10-20(19-18-11)5-7-24-6-4-17-13(21)8-12(16)14(22)23/h10,12H,4-9,16H2,1-3H3,(H,17,21)(H,22,23). The number of aromatic nitrogens is 3. The van der Waals surface area contributed by atoms with Gasteiger partial charge in [-0.3, -0.25) is 9.59 Å². The maximum Gasteiger partial charge on any atom is 0.321 e. The van der Waals surface area contributed by atoms with E-state index in [1.165, 1.54) is 0 Å². The predicted molar refractivity (Wildman–Crippen MR) is 87.2 cm³/mol. The maximum atomic E-state index is 11.4. The van der Waals surface area contributed by atoms with Crippen LogP contribution in [0.1, 0.15) is 32.9 Å². The molecule has 136 valence electrons. The van der Waals surface area contributed by atoms with Crippen molar-refractivity contribution < 1.29 is 19.4 Å². The third-order valence-electron chi connectivity index (χ3n) is 3.05. The molecule has 0 aliphatic carbocycles. The van der Waals surface area contributed by atoms with Crippen molar-refractivity contribution in [1.82, 2.24) is 20.3 Å². The van der Waals surface area contributed by atoms with E-state index in [1.807, 2.05) is 6.20 Å². The smallest absolute Gasteiger partial charge is 0.321 e. The first kappa shape index (κ1) is 20.0. The zero-order valence-corrected chi connectivity index (χ0v) is 14.5. The summed E-state index contributed by atoms with van der Waals surface area (Å²) < 4.78 is 7.13. The molecule has 0 spiro atoms. The topological polar surface area (TPSA) is 132 Å². The lowest BCUT2D eigenvalue weighted by Gasteiger charge is -2.15. The lowest BCUT2D eigenvalue weighted by molar-refractivity contribution is -0.140. The number of hydrogen-bond donors (Lipinski definition) is 3. The molecule has 0 aromatic carbocycles.